The molecular formula is C14H16N4. The lowest BCUT2D eigenvalue weighted by molar-refractivity contribution is 0.773. The maximum absolute atomic E-state index is 4.66. The van der Waals surface area contributed by atoms with Crippen LogP contribution in [0.4, 0.5) is 0 Å². The number of nitrogens with one attached hydrogen (secondary N) is 1. The van der Waals surface area contributed by atoms with Crippen LogP contribution in [0.25, 0.3) is 22.6 Å². The van der Waals surface area contributed by atoms with Crippen molar-refractivity contribution in [3.63, 3.8) is 0 Å². The molecule has 0 saturated heterocycles. The van der Waals surface area contributed by atoms with Gasteiger partial charge in [-0.3, -0.25) is 0 Å². The van der Waals surface area contributed by atoms with E-state index in [1.807, 2.05) is 24.7 Å². The van der Waals surface area contributed by atoms with Gasteiger partial charge in [0.15, 0.2) is 5.65 Å². The Kier molecular flexibility index (Phi) is 2.44. The number of nitrogens with zero attached hydrogens (tertiary/aromatic N) is 3. The Morgan fingerprint density at radius 1 is 1.28 bits per heavy atom. The average Bonchev–Trinajstić information content (AvgIpc) is 2.92. The van der Waals surface area contributed by atoms with Crippen LogP contribution in [0.2, 0.25) is 0 Å². The topological polar surface area (TPSA) is 46.5 Å². The SMILES string of the molecule is CCc1ccccc1-c1nc2c([nH]1)c(C)nn2C. The summed E-state index contributed by atoms with van der Waals surface area (Å²) in [4.78, 5) is 8.04. The summed E-state index contributed by atoms with van der Waals surface area (Å²) in [6.07, 6.45) is 1.00. The number of fused-ring (bicyclic) bond motifs is 1. The van der Waals surface area contributed by atoms with Gasteiger partial charge >= 0.3 is 0 Å². The molecular weight excluding hydrogens is 224 g/mol. The van der Waals surface area contributed by atoms with Crippen LogP contribution in [0.3, 0.4) is 0 Å². The number of aryl methyl sites for hydroxylation is 3. The quantitative estimate of drug-likeness (QED) is 0.748. The normalized spacial score (nSPS) is 11.3. The first-order valence-corrected chi connectivity index (χ1v) is 6.18. The minimum absolute atomic E-state index is 0.911. The van der Waals surface area contributed by atoms with Crippen molar-refractivity contribution in [3.8, 4) is 11.4 Å². The summed E-state index contributed by atoms with van der Waals surface area (Å²) in [6, 6.07) is 8.37. The summed E-state index contributed by atoms with van der Waals surface area (Å²) < 4.78 is 1.82. The van der Waals surface area contributed by atoms with Gasteiger partial charge in [0.2, 0.25) is 0 Å². The molecule has 0 saturated carbocycles. The average molecular weight is 240 g/mol. The molecule has 0 atom stereocenters. The summed E-state index contributed by atoms with van der Waals surface area (Å²) >= 11 is 0. The molecule has 0 bridgehead atoms. The van der Waals surface area contributed by atoms with Crippen LogP contribution in [-0.2, 0) is 13.5 Å². The molecule has 2 heterocycles. The van der Waals surface area contributed by atoms with E-state index in [1.54, 1.807) is 0 Å². The highest BCUT2D eigenvalue weighted by Gasteiger charge is 2.13. The lowest BCUT2D eigenvalue weighted by atomic mass is 10.1. The van der Waals surface area contributed by atoms with E-state index in [9.17, 15) is 0 Å². The van der Waals surface area contributed by atoms with Crippen molar-refractivity contribution in [2.24, 2.45) is 7.05 Å². The van der Waals surface area contributed by atoms with Gasteiger partial charge in [0.1, 0.15) is 11.3 Å². The van der Waals surface area contributed by atoms with E-state index in [1.165, 1.54) is 11.1 Å². The third kappa shape index (κ3) is 1.53. The van der Waals surface area contributed by atoms with E-state index in [0.29, 0.717) is 0 Å². The summed E-state index contributed by atoms with van der Waals surface area (Å²) in [7, 11) is 1.92. The first kappa shape index (κ1) is 11.0. The molecule has 3 aromatic rings. The lowest BCUT2D eigenvalue weighted by Gasteiger charge is -2.03. The molecule has 0 unspecified atom stereocenters. The standard InChI is InChI=1S/C14H16N4/c1-4-10-7-5-6-8-11(10)13-15-12-9(2)17-18(3)14(12)16-13/h5-8H,4H2,1-3H3,(H,15,16). The molecule has 92 valence electrons. The number of rotatable bonds is 2. The van der Waals surface area contributed by atoms with Crippen LogP contribution in [-0.4, -0.2) is 19.7 Å². The molecule has 1 aromatic carbocycles. The van der Waals surface area contributed by atoms with Crippen molar-refractivity contribution >= 4 is 11.2 Å². The first-order chi connectivity index (χ1) is 8.70. The second-order valence-electron chi connectivity index (χ2n) is 4.50. The molecule has 18 heavy (non-hydrogen) atoms. The van der Waals surface area contributed by atoms with Crippen LogP contribution in [0.5, 0.6) is 0 Å². The van der Waals surface area contributed by atoms with E-state index in [0.717, 1.165) is 29.1 Å². The van der Waals surface area contributed by atoms with E-state index >= 15 is 0 Å². The van der Waals surface area contributed by atoms with E-state index in [2.05, 4.69) is 40.2 Å². The van der Waals surface area contributed by atoms with Gasteiger partial charge in [0.25, 0.3) is 0 Å². The zero-order chi connectivity index (χ0) is 12.7. The molecule has 0 fully saturated rings. The van der Waals surface area contributed by atoms with Crippen LogP contribution >= 0.6 is 0 Å². The maximum Gasteiger partial charge on any atom is 0.176 e. The van der Waals surface area contributed by atoms with Crippen LogP contribution in [0.15, 0.2) is 24.3 Å². The summed E-state index contributed by atoms with van der Waals surface area (Å²) in [6.45, 7) is 4.16. The molecule has 4 nitrogen and oxygen atoms in total. The maximum atomic E-state index is 4.66. The third-order valence-electron chi connectivity index (χ3n) is 3.31. The summed E-state index contributed by atoms with van der Waals surface area (Å²) in [5.41, 5.74) is 5.41. The Morgan fingerprint density at radius 3 is 2.78 bits per heavy atom. The number of hydrogen-bond donors (Lipinski definition) is 1. The number of H-pyrrole nitrogens is 1. The van der Waals surface area contributed by atoms with E-state index in [-0.39, 0.29) is 0 Å². The fourth-order valence-corrected chi connectivity index (χ4v) is 2.36. The van der Waals surface area contributed by atoms with Gasteiger partial charge in [0.05, 0.1) is 5.69 Å². The third-order valence-corrected chi connectivity index (χ3v) is 3.31. The van der Waals surface area contributed by atoms with Crippen molar-refractivity contribution < 1.29 is 0 Å². The predicted octanol–water partition coefficient (Wildman–Crippen LogP) is 2.83. The van der Waals surface area contributed by atoms with Gasteiger partial charge < -0.3 is 4.98 Å². The highest BCUT2D eigenvalue weighted by atomic mass is 15.3. The number of hydrogen-bond acceptors (Lipinski definition) is 2. The van der Waals surface area contributed by atoms with Crippen LogP contribution in [0, 0.1) is 6.92 Å². The zero-order valence-corrected chi connectivity index (χ0v) is 10.9. The van der Waals surface area contributed by atoms with E-state index < -0.39 is 0 Å². The molecule has 2 aromatic heterocycles. The molecule has 0 aliphatic rings. The van der Waals surface area contributed by atoms with Crippen molar-refractivity contribution in [1.82, 2.24) is 19.7 Å². The zero-order valence-electron chi connectivity index (χ0n) is 10.9. The summed E-state index contributed by atoms with van der Waals surface area (Å²) in [5, 5.41) is 4.35. The van der Waals surface area contributed by atoms with Gasteiger partial charge in [0, 0.05) is 12.6 Å². The Hall–Kier alpha value is -2.10. The minimum Gasteiger partial charge on any atom is -0.335 e. The molecule has 0 spiro atoms. The fraction of sp³-hybridized carbons (Fsp3) is 0.286. The lowest BCUT2D eigenvalue weighted by Crippen LogP contribution is -1.93. The fourth-order valence-electron chi connectivity index (χ4n) is 2.36. The number of benzene rings is 1. The molecule has 0 radical (unpaired) electrons. The molecule has 4 heteroatoms. The number of aromatic amines is 1. The van der Waals surface area contributed by atoms with Crippen LogP contribution in [0.1, 0.15) is 18.2 Å². The Morgan fingerprint density at radius 2 is 2.06 bits per heavy atom. The van der Waals surface area contributed by atoms with Crippen molar-refractivity contribution in [2.75, 3.05) is 0 Å². The highest BCUT2D eigenvalue weighted by Crippen LogP contribution is 2.25. The van der Waals surface area contributed by atoms with Gasteiger partial charge in [-0.15, -0.1) is 0 Å². The second-order valence-corrected chi connectivity index (χ2v) is 4.50. The highest BCUT2D eigenvalue weighted by molar-refractivity contribution is 5.79. The number of aromatic nitrogens is 4. The predicted molar refractivity (Wildman–Crippen MR) is 72.4 cm³/mol. The van der Waals surface area contributed by atoms with Gasteiger partial charge in [-0.1, -0.05) is 31.2 Å². The minimum atomic E-state index is 0.911. The number of imidazole rings is 1. The molecule has 0 aliphatic heterocycles. The first-order valence-electron chi connectivity index (χ1n) is 6.18. The van der Waals surface area contributed by atoms with Gasteiger partial charge in [-0.2, -0.15) is 5.10 Å². The summed E-state index contributed by atoms with van der Waals surface area (Å²) in [5.74, 6) is 0.929. The Bertz CT molecular complexity index is 671. The van der Waals surface area contributed by atoms with Crippen LogP contribution < -0.4 is 0 Å². The van der Waals surface area contributed by atoms with Crippen molar-refractivity contribution in [2.45, 2.75) is 20.3 Å². The van der Waals surface area contributed by atoms with Crippen molar-refractivity contribution in [3.05, 3.63) is 35.5 Å². The Labute approximate surface area is 106 Å². The smallest absolute Gasteiger partial charge is 0.176 e. The van der Waals surface area contributed by atoms with Gasteiger partial charge in [-0.25, -0.2) is 9.67 Å². The monoisotopic (exact) mass is 240 g/mol. The molecule has 1 N–H and O–H groups in total. The second kappa shape index (κ2) is 3.98. The molecule has 3 rings (SSSR count). The Balaban J connectivity index is 2.23. The molecule has 0 aliphatic carbocycles. The van der Waals surface area contributed by atoms with Gasteiger partial charge in [-0.05, 0) is 18.9 Å². The molecule has 0 amide bonds. The van der Waals surface area contributed by atoms with Crippen molar-refractivity contribution in [1.29, 1.82) is 0 Å². The van der Waals surface area contributed by atoms with E-state index in [4.69, 9.17) is 0 Å². The largest absolute Gasteiger partial charge is 0.335 e.